The van der Waals surface area contributed by atoms with E-state index in [-0.39, 0.29) is 0 Å². The van der Waals surface area contributed by atoms with Gasteiger partial charge in [0.15, 0.2) is 0 Å². The third kappa shape index (κ3) is 4.61. The quantitative estimate of drug-likeness (QED) is 0.673. The fourth-order valence-electron chi connectivity index (χ4n) is 1.26. The van der Waals surface area contributed by atoms with Crippen LogP contribution in [0.5, 0.6) is 0 Å². The molecule has 0 amide bonds. The fourth-order valence-corrected chi connectivity index (χ4v) is 1.26. The van der Waals surface area contributed by atoms with E-state index in [4.69, 9.17) is 0 Å². The zero-order valence-electron chi connectivity index (χ0n) is 11.2. The highest BCUT2D eigenvalue weighted by Crippen LogP contribution is 2.43. The second kappa shape index (κ2) is 5.29. The van der Waals surface area contributed by atoms with Crippen LogP contribution < -0.4 is 0 Å². The summed E-state index contributed by atoms with van der Waals surface area (Å²) >= 11 is 0. The molecule has 0 spiro atoms. The summed E-state index contributed by atoms with van der Waals surface area (Å²) in [6, 6.07) is 2.14. The van der Waals surface area contributed by atoms with E-state index in [0.717, 1.165) is 11.1 Å². The van der Waals surface area contributed by atoms with Gasteiger partial charge in [-0.15, -0.1) is 0 Å². The van der Waals surface area contributed by atoms with Crippen LogP contribution in [-0.2, 0) is 0 Å². The average molecular weight is 217 g/mol. The summed E-state index contributed by atoms with van der Waals surface area (Å²) in [5.74, 6) is 0. The van der Waals surface area contributed by atoms with Gasteiger partial charge in [0.2, 0.25) is 0 Å². The van der Waals surface area contributed by atoms with E-state index in [9.17, 15) is 0 Å². The molecule has 0 atom stereocenters. The Morgan fingerprint density at radius 3 is 2.25 bits per heavy atom. The summed E-state index contributed by atoms with van der Waals surface area (Å²) in [7, 11) is 0. The van der Waals surface area contributed by atoms with E-state index >= 15 is 0 Å². The van der Waals surface area contributed by atoms with Crippen molar-refractivity contribution < 1.29 is 0 Å². The van der Waals surface area contributed by atoms with E-state index in [1.54, 1.807) is 0 Å². The van der Waals surface area contributed by atoms with Gasteiger partial charge in [0.25, 0.3) is 0 Å². The van der Waals surface area contributed by atoms with Gasteiger partial charge in [-0.3, -0.25) is 4.98 Å². The maximum absolute atomic E-state index is 4.25. The Balaban J connectivity index is 0.000000212. The van der Waals surface area contributed by atoms with Crippen molar-refractivity contribution in [3.8, 4) is 0 Å². The van der Waals surface area contributed by atoms with Gasteiger partial charge in [-0.1, -0.05) is 26.0 Å². The molecule has 1 aromatic rings. The van der Waals surface area contributed by atoms with Crippen molar-refractivity contribution >= 4 is 6.08 Å². The molecule has 1 heterocycles. The van der Waals surface area contributed by atoms with Crippen molar-refractivity contribution in [2.24, 2.45) is 5.41 Å². The number of hydrogen-bond donors (Lipinski definition) is 0. The van der Waals surface area contributed by atoms with Gasteiger partial charge in [0, 0.05) is 11.9 Å². The normalized spacial score (nSPS) is 16.8. The van der Waals surface area contributed by atoms with Crippen LogP contribution in [0.15, 0.2) is 18.3 Å². The molecule has 0 aliphatic heterocycles. The minimum absolute atomic E-state index is 0.750. The molecule has 1 aliphatic carbocycles. The second-order valence-corrected chi connectivity index (χ2v) is 5.35. The number of rotatable bonds is 1. The lowest BCUT2D eigenvalue weighted by atomic mass is 10.1. The number of aromatic nitrogens is 1. The number of nitrogens with zero attached hydrogens (tertiary/aromatic N) is 1. The lowest BCUT2D eigenvalue weighted by Crippen LogP contribution is -1.86. The lowest BCUT2D eigenvalue weighted by molar-refractivity contribution is 0.653. The van der Waals surface area contributed by atoms with Crippen LogP contribution in [0.1, 0.15) is 50.4 Å². The van der Waals surface area contributed by atoms with E-state index in [1.165, 1.54) is 24.0 Å². The summed E-state index contributed by atoms with van der Waals surface area (Å²) in [5.41, 5.74) is 4.27. The van der Waals surface area contributed by atoms with Crippen LogP contribution in [0.2, 0.25) is 0 Å². The van der Waals surface area contributed by atoms with Gasteiger partial charge in [-0.2, -0.15) is 0 Å². The number of allylic oxidation sites excluding steroid dienone is 1. The largest absolute Gasteiger partial charge is 0.261 e. The second-order valence-electron chi connectivity index (χ2n) is 5.35. The van der Waals surface area contributed by atoms with Crippen molar-refractivity contribution in [1.82, 2.24) is 4.98 Å². The van der Waals surface area contributed by atoms with E-state index in [1.807, 2.05) is 26.1 Å². The lowest BCUT2D eigenvalue weighted by Gasteiger charge is -1.99. The van der Waals surface area contributed by atoms with Gasteiger partial charge in [0.05, 0.1) is 0 Å². The molecule has 1 saturated carbocycles. The molecule has 0 N–H and O–H groups in total. The molecule has 1 heteroatoms. The monoisotopic (exact) mass is 217 g/mol. The summed E-state index contributed by atoms with van der Waals surface area (Å²) in [5, 5.41) is 0. The van der Waals surface area contributed by atoms with Crippen LogP contribution in [0.25, 0.3) is 6.08 Å². The molecule has 88 valence electrons. The third-order valence-corrected chi connectivity index (χ3v) is 2.86. The zero-order valence-corrected chi connectivity index (χ0v) is 11.2. The SMILES string of the molecule is C/C=C\c1cc(C)cnc1C.CC1(C)CC1. The van der Waals surface area contributed by atoms with Gasteiger partial charge in [-0.05, 0) is 56.2 Å². The number of hydrogen-bond acceptors (Lipinski definition) is 1. The summed E-state index contributed by atoms with van der Waals surface area (Å²) in [4.78, 5) is 4.25. The van der Waals surface area contributed by atoms with Gasteiger partial charge >= 0.3 is 0 Å². The molecule has 1 aromatic heterocycles. The van der Waals surface area contributed by atoms with Gasteiger partial charge in [-0.25, -0.2) is 0 Å². The maximum atomic E-state index is 4.25. The number of aryl methyl sites for hydroxylation is 2. The van der Waals surface area contributed by atoms with Crippen molar-refractivity contribution in [1.29, 1.82) is 0 Å². The molecule has 1 fully saturated rings. The van der Waals surface area contributed by atoms with E-state index in [2.05, 4.69) is 37.9 Å². The minimum Gasteiger partial charge on any atom is -0.261 e. The molecule has 0 saturated heterocycles. The molecule has 1 aliphatic rings. The first-order valence-corrected chi connectivity index (χ1v) is 6.00. The highest BCUT2D eigenvalue weighted by Gasteiger charge is 2.30. The smallest absolute Gasteiger partial charge is 0.0444 e. The summed E-state index contributed by atoms with van der Waals surface area (Å²) in [6.45, 7) is 10.7. The molecule has 1 nitrogen and oxygen atoms in total. The van der Waals surface area contributed by atoms with Crippen molar-refractivity contribution in [2.75, 3.05) is 0 Å². The molecule has 2 rings (SSSR count). The maximum Gasteiger partial charge on any atom is 0.0444 e. The van der Waals surface area contributed by atoms with Crippen LogP contribution in [-0.4, -0.2) is 4.98 Å². The van der Waals surface area contributed by atoms with Gasteiger partial charge in [0.1, 0.15) is 0 Å². The highest BCUT2D eigenvalue weighted by molar-refractivity contribution is 5.51. The molecule has 0 unspecified atom stereocenters. The topological polar surface area (TPSA) is 12.9 Å². The summed E-state index contributed by atoms with van der Waals surface area (Å²) in [6.07, 6.45) is 8.90. The van der Waals surface area contributed by atoms with Crippen molar-refractivity contribution in [3.05, 3.63) is 35.2 Å². The highest BCUT2D eigenvalue weighted by atomic mass is 14.7. The van der Waals surface area contributed by atoms with Crippen LogP contribution in [0.4, 0.5) is 0 Å². The molecule has 16 heavy (non-hydrogen) atoms. The van der Waals surface area contributed by atoms with E-state index in [0.29, 0.717) is 0 Å². The first kappa shape index (κ1) is 13.0. The fraction of sp³-hybridized carbons (Fsp3) is 0.533. The Labute approximate surface area is 99.6 Å². The predicted molar refractivity (Wildman–Crippen MR) is 71.4 cm³/mol. The Morgan fingerprint density at radius 1 is 1.25 bits per heavy atom. The van der Waals surface area contributed by atoms with Crippen LogP contribution >= 0.6 is 0 Å². The average Bonchev–Trinajstić information content (AvgIpc) is 2.89. The predicted octanol–water partition coefficient (Wildman–Crippen LogP) is 4.54. The molecular formula is C15H23N. The standard InChI is InChI=1S/C10H13N.C5H10/c1-4-5-10-6-8(2)7-11-9(10)3;1-5(2)3-4-5/h4-7H,1-3H3;3-4H2,1-2H3/b5-4-;. The molecular weight excluding hydrogens is 194 g/mol. The van der Waals surface area contributed by atoms with E-state index < -0.39 is 0 Å². The Bertz CT molecular complexity index is 369. The first-order valence-electron chi connectivity index (χ1n) is 6.00. The Kier molecular flexibility index (Phi) is 4.28. The first-order chi connectivity index (χ1) is 7.44. The van der Waals surface area contributed by atoms with Crippen molar-refractivity contribution in [3.63, 3.8) is 0 Å². The van der Waals surface area contributed by atoms with Crippen LogP contribution in [0.3, 0.4) is 0 Å². The Hall–Kier alpha value is -1.11. The number of pyridine rings is 1. The minimum atomic E-state index is 0.750. The molecule has 0 aromatic carbocycles. The zero-order chi connectivity index (χ0) is 12.2. The summed E-state index contributed by atoms with van der Waals surface area (Å²) < 4.78 is 0. The molecule has 0 bridgehead atoms. The van der Waals surface area contributed by atoms with Gasteiger partial charge < -0.3 is 0 Å². The third-order valence-electron chi connectivity index (χ3n) is 2.86. The van der Waals surface area contributed by atoms with Crippen LogP contribution in [0, 0.1) is 19.3 Å². The Morgan fingerprint density at radius 2 is 1.81 bits per heavy atom. The van der Waals surface area contributed by atoms with Crippen molar-refractivity contribution in [2.45, 2.75) is 47.5 Å². The molecule has 0 radical (unpaired) electrons.